The molecule has 0 aromatic rings. The Morgan fingerprint density at radius 2 is 1.67 bits per heavy atom. The van der Waals surface area contributed by atoms with Crippen molar-refractivity contribution in [3.8, 4) is 0 Å². The molecule has 1 saturated carbocycles. The van der Waals surface area contributed by atoms with Crippen molar-refractivity contribution < 1.29 is 13.5 Å². The summed E-state index contributed by atoms with van der Waals surface area (Å²) in [6.45, 7) is 1.89. The lowest BCUT2D eigenvalue weighted by Gasteiger charge is -2.37. The number of aliphatic hydroxyl groups is 1. The van der Waals surface area contributed by atoms with E-state index in [-0.39, 0.29) is 18.6 Å². The molecule has 3 aliphatic rings. The third-order valence-corrected chi connectivity index (χ3v) is 7.59. The molecule has 6 heteroatoms. The van der Waals surface area contributed by atoms with Gasteiger partial charge in [0.15, 0.2) is 0 Å². The van der Waals surface area contributed by atoms with Gasteiger partial charge in [0, 0.05) is 32.3 Å². The van der Waals surface area contributed by atoms with Crippen LogP contribution < -0.4 is 0 Å². The van der Waals surface area contributed by atoms with Crippen molar-refractivity contribution >= 4 is 10.2 Å². The summed E-state index contributed by atoms with van der Waals surface area (Å²) < 4.78 is 29.4. The van der Waals surface area contributed by atoms with Crippen LogP contribution in [0.4, 0.5) is 0 Å². The molecule has 1 aliphatic carbocycles. The topological polar surface area (TPSA) is 60.9 Å². The van der Waals surface area contributed by atoms with E-state index in [0.717, 1.165) is 25.7 Å². The van der Waals surface area contributed by atoms with Crippen molar-refractivity contribution in [1.82, 2.24) is 8.61 Å². The van der Waals surface area contributed by atoms with E-state index in [1.165, 1.54) is 25.7 Å². The van der Waals surface area contributed by atoms with Gasteiger partial charge in [-0.2, -0.15) is 17.0 Å². The summed E-state index contributed by atoms with van der Waals surface area (Å²) in [6.07, 6.45) is 8.72. The minimum Gasteiger partial charge on any atom is -0.396 e. The van der Waals surface area contributed by atoms with Gasteiger partial charge < -0.3 is 5.11 Å². The van der Waals surface area contributed by atoms with E-state index in [2.05, 4.69) is 0 Å². The summed E-state index contributed by atoms with van der Waals surface area (Å²) in [5.74, 6) is 0.682. The summed E-state index contributed by atoms with van der Waals surface area (Å²) in [5, 5.41) is 9.33. The predicted molar refractivity (Wildman–Crippen MR) is 82.0 cm³/mol. The van der Waals surface area contributed by atoms with E-state index >= 15 is 0 Å². The van der Waals surface area contributed by atoms with Crippen LogP contribution in [0.15, 0.2) is 0 Å². The van der Waals surface area contributed by atoms with Gasteiger partial charge in [-0.1, -0.05) is 12.8 Å². The van der Waals surface area contributed by atoms with Crippen LogP contribution >= 0.6 is 0 Å². The van der Waals surface area contributed by atoms with Crippen LogP contribution in [0.1, 0.15) is 51.4 Å². The highest BCUT2D eigenvalue weighted by molar-refractivity contribution is 7.86. The monoisotopic (exact) mass is 316 g/mol. The molecule has 2 unspecified atom stereocenters. The maximum absolute atomic E-state index is 13.0. The molecule has 0 radical (unpaired) electrons. The molecule has 2 atom stereocenters. The largest absolute Gasteiger partial charge is 0.396 e. The average molecular weight is 316 g/mol. The molecule has 5 nitrogen and oxygen atoms in total. The molecule has 2 saturated heterocycles. The quantitative estimate of drug-likeness (QED) is 0.857. The molecule has 0 aromatic carbocycles. The number of aliphatic hydroxyl groups excluding tert-OH is 1. The zero-order valence-electron chi connectivity index (χ0n) is 12.8. The Morgan fingerprint density at radius 1 is 0.952 bits per heavy atom. The minimum absolute atomic E-state index is 0.0953. The zero-order valence-corrected chi connectivity index (χ0v) is 13.6. The zero-order chi connectivity index (χ0) is 14.9. The van der Waals surface area contributed by atoms with Crippen molar-refractivity contribution in [2.24, 2.45) is 11.8 Å². The highest BCUT2D eigenvalue weighted by Crippen LogP contribution is 2.37. The van der Waals surface area contributed by atoms with Crippen molar-refractivity contribution in [3.05, 3.63) is 0 Å². The summed E-state index contributed by atoms with van der Waals surface area (Å²) in [6, 6.07) is 0.229. The molecule has 2 aliphatic heterocycles. The molecule has 3 fully saturated rings. The van der Waals surface area contributed by atoms with Gasteiger partial charge in [0.1, 0.15) is 0 Å². The van der Waals surface area contributed by atoms with Crippen LogP contribution in [0.3, 0.4) is 0 Å². The van der Waals surface area contributed by atoms with Crippen LogP contribution in [0, 0.1) is 11.8 Å². The van der Waals surface area contributed by atoms with Crippen LogP contribution in [0.5, 0.6) is 0 Å². The third kappa shape index (κ3) is 3.14. The summed E-state index contributed by atoms with van der Waals surface area (Å²) >= 11 is 0. The lowest BCUT2D eigenvalue weighted by Crippen LogP contribution is -2.51. The fraction of sp³-hybridized carbons (Fsp3) is 1.00. The standard InChI is InChI=1S/C15H28N2O3S/c18-12-13-5-3-9-16(11-13)21(19,20)17-10-4-8-15(17)14-6-1-2-7-14/h13-15,18H,1-12H2. The molecule has 21 heavy (non-hydrogen) atoms. The second-order valence-electron chi connectivity index (χ2n) is 6.92. The van der Waals surface area contributed by atoms with Gasteiger partial charge in [-0.3, -0.25) is 0 Å². The Bertz CT molecular complexity index is 448. The predicted octanol–water partition coefficient (Wildman–Crippen LogP) is 1.59. The molecular formula is C15H28N2O3S. The molecular weight excluding hydrogens is 288 g/mol. The Balaban J connectivity index is 1.73. The summed E-state index contributed by atoms with van der Waals surface area (Å²) in [4.78, 5) is 0. The first-order chi connectivity index (χ1) is 10.1. The first kappa shape index (κ1) is 15.7. The van der Waals surface area contributed by atoms with E-state index in [9.17, 15) is 13.5 Å². The Labute approximate surface area is 128 Å². The maximum atomic E-state index is 13.0. The second kappa shape index (κ2) is 6.52. The number of piperidine rings is 1. The minimum atomic E-state index is -3.34. The van der Waals surface area contributed by atoms with Crippen molar-refractivity contribution in [2.45, 2.75) is 57.4 Å². The van der Waals surface area contributed by atoms with Gasteiger partial charge in [0.2, 0.25) is 0 Å². The number of nitrogens with zero attached hydrogens (tertiary/aromatic N) is 2. The Hall–Kier alpha value is -0.170. The van der Waals surface area contributed by atoms with Crippen LogP contribution in [-0.2, 0) is 10.2 Å². The maximum Gasteiger partial charge on any atom is 0.282 e. The number of hydrogen-bond acceptors (Lipinski definition) is 3. The van der Waals surface area contributed by atoms with Gasteiger partial charge in [-0.05, 0) is 50.4 Å². The molecule has 0 bridgehead atoms. The summed E-state index contributed by atoms with van der Waals surface area (Å²) in [5.41, 5.74) is 0. The fourth-order valence-corrected chi connectivity index (χ4v) is 6.43. The van der Waals surface area contributed by atoms with Crippen molar-refractivity contribution in [2.75, 3.05) is 26.2 Å². The molecule has 1 N–H and O–H groups in total. The average Bonchev–Trinajstić information content (AvgIpc) is 3.17. The molecule has 0 amide bonds. The highest BCUT2D eigenvalue weighted by atomic mass is 32.2. The molecule has 0 aromatic heterocycles. The Morgan fingerprint density at radius 3 is 2.38 bits per heavy atom. The summed E-state index contributed by atoms with van der Waals surface area (Å²) in [7, 11) is -3.34. The molecule has 0 spiro atoms. The van der Waals surface area contributed by atoms with E-state index in [1.54, 1.807) is 8.61 Å². The van der Waals surface area contributed by atoms with Crippen LogP contribution in [0.2, 0.25) is 0 Å². The van der Waals surface area contributed by atoms with Crippen molar-refractivity contribution in [1.29, 1.82) is 0 Å². The van der Waals surface area contributed by atoms with Gasteiger partial charge in [-0.25, -0.2) is 0 Å². The normalized spacial score (nSPS) is 33.8. The molecule has 122 valence electrons. The first-order valence-corrected chi connectivity index (χ1v) is 9.90. The van der Waals surface area contributed by atoms with Gasteiger partial charge in [0.25, 0.3) is 10.2 Å². The first-order valence-electron chi connectivity index (χ1n) is 8.50. The van der Waals surface area contributed by atoms with Gasteiger partial charge >= 0.3 is 0 Å². The lowest BCUT2D eigenvalue weighted by atomic mass is 9.97. The van der Waals surface area contributed by atoms with Gasteiger partial charge in [-0.15, -0.1) is 0 Å². The third-order valence-electron chi connectivity index (χ3n) is 5.55. The van der Waals surface area contributed by atoms with E-state index < -0.39 is 10.2 Å². The molecule has 3 rings (SSSR count). The van der Waals surface area contributed by atoms with Gasteiger partial charge in [0.05, 0.1) is 0 Å². The number of rotatable bonds is 4. The number of hydrogen-bond donors (Lipinski definition) is 1. The van der Waals surface area contributed by atoms with E-state index in [0.29, 0.717) is 25.6 Å². The highest BCUT2D eigenvalue weighted by Gasteiger charge is 2.43. The smallest absolute Gasteiger partial charge is 0.282 e. The van der Waals surface area contributed by atoms with E-state index in [1.807, 2.05) is 0 Å². The van der Waals surface area contributed by atoms with Crippen molar-refractivity contribution in [3.63, 3.8) is 0 Å². The van der Waals surface area contributed by atoms with Crippen LogP contribution in [-0.4, -0.2) is 54.4 Å². The van der Waals surface area contributed by atoms with E-state index in [4.69, 9.17) is 0 Å². The lowest BCUT2D eigenvalue weighted by molar-refractivity contribution is 0.158. The second-order valence-corrected chi connectivity index (χ2v) is 8.80. The molecule has 2 heterocycles. The fourth-order valence-electron chi connectivity index (χ4n) is 4.40. The van der Waals surface area contributed by atoms with Crippen LogP contribution in [0.25, 0.3) is 0 Å². The Kier molecular flexibility index (Phi) is 4.88. The SMILES string of the molecule is O=S(=O)(N1CCCC(CO)C1)N1CCCC1C1CCCC1.